The number of carbonyl (C=O) groups excluding carboxylic acids is 5. The number of thioether (sulfide) groups is 1. The van der Waals surface area contributed by atoms with Gasteiger partial charge in [-0.05, 0) is 43.3 Å². The van der Waals surface area contributed by atoms with Crippen molar-refractivity contribution in [1.82, 2.24) is 19.5 Å². The number of hydrogen-bond acceptors (Lipinski definition) is 14. The average molecular weight is 702 g/mol. The van der Waals surface area contributed by atoms with Gasteiger partial charge >= 0.3 is 11.9 Å². The molecular formula is C28H36ClN5O8S3. The maximum Gasteiger partial charge on any atom is 0.358 e. The van der Waals surface area contributed by atoms with E-state index in [1.54, 1.807) is 26.0 Å². The Balaban J connectivity index is 0.00000552. The first-order valence-electron chi connectivity index (χ1n) is 13.8. The number of fused-ring (bicyclic) bond motifs is 1. The number of carbonyl (C=O) groups is 5. The highest BCUT2D eigenvalue weighted by molar-refractivity contribution is 8.14. The molecule has 45 heavy (non-hydrogen) atoms. The number of nitrogens with one attached hydrogen (secondary N) is 2. The zero-order valence-corrected chi connectivity index (χ0v) is 28.4. The van der Waals surface area contributed by atoms with Crippen LogP contribution in [0, 0.1) is 5.92 Å². The van der Waals surface area contributed by atoms with E-state index >= 15 is 0 Å². The van der Waals surface area contributed by atoms with Gasteiger partial charge in [-0.3, -0.25) is 24.1 Å². The highest BCUT2D eigenvalue weighted by Crippen LogP contribution is 2.42. The summed E-state index contributed by atoms with van der Waals surface area (Å²) in [4.78, 5) is 66.9. The molecule has 3 heterocycles. The number of allylic oxidation sites excluding steroid dienone is 1. The van der Waals surface area contributed by atoms with Crippen LogP contribution < -0.4 is 16.5 Å². The number of amides is 2. The number of nitrogens with zero attached hydrogens (tertiary/aromatic N) is 2. The second-order valence-corrected chi connectivity index (χ2v) is 14.0. The average Bonchev–Trinajstić information content (AvgIpc) is 3.41. The highest BCUT2D eigenvalue weighted by atomic mass is 35.5. The van der Waals surface area contributed by atoms with Crippen LogP contribution in [0.3, 0.4) is 0 Å². The smallest absolute Gasteiger partial charge is 0.358 e. The number of rotatable bonds is 12. The predicted molar refractivity (Wildman–Crippen MR) is 174 cm³/mol. The molecule has 5 N–H and O–H groups in total. The molecule has 1 fully saturated rings. The van der Waals surface area contributed by atoms with Crippen molar-refractivity contribution in [2.45, 2.75) is 64.5 Å². The van der Waals surface area contributed by atoms with Crippen LogP contribution in [0.5, 0.6) is 0 Å². The van der Waals surface area contributed by atoms with Crippen molar-refractivity contribution < 1.29 is 38.6 Å². The number of aliphatic hydroxyl groups excluding tert-OH is 1. The van der Waals surface area contributed by atoms with Crippen LogP contribution in [0.4, 0.5) is 0 Å². The molecule has 17 heteroatoms. The number of aliphatic hydroxyl groups is 1. The second-order valence-electron chi connectivity index (χ2n) is 10.6. The van der Waals surface area contributed by atoms with Crippen molar-refractivity contribution in [2.24, 2.45) is 11.7 Å². The minimum atomic E-state index is -1.74. The number of β-lactam (4-membered cyclic amide) rings is 1. The largest absolute Gasteiger partial charge is 0.425 e. The third-order valence-corrected chi connectivity index (χ3v) is 10.1. The number of ether oxygens (including phenoxy) is 2. The highest BCUT2D eigenvalue weighted by Gasteiger charge is 2.55. The fourth-order valence-electron chi connectivity index (χ4n) is 4.42. The monoisotopic (exact) mass is 701 g/mol. The molecule has 1 saturated heterocycles. The van der Waals surface area contributed by atoms with Crippen molar-refractivity contribution in [3.63, 3.8) is 0 Å². The van der Waals surface area contributed by atoms with Crippen LogP contribution >= 0.6 is 48.1 Å². The summed E-state index contributed by atoms with van der Waals surface area (Å²) in [5.74, 6) is -3.02. The number of Topliss-reactive ketones (excluding diaryl/α,β-unsaturated/α-hetero) is 1. The Kier molecular flexibility index (Phi) is 12.8. The number of hydrogen-bond donors (Lipinski definition) is 4. The minimum Gasteiger partial charge on any atom is -0.425 e. The molecular weight excluding hydrogens is 666 g/mol. The van der Waals surface area contributed by atoms with Crippen molar-refractivity contribution in [2.75, 3.05) is 11.5 Å². The first-order valence-corrected chi connectivity index (χ1v) is 16.6. The van der Waals surface area contributed by atoms with Gasteiger partial charge in [0.25, 0.3) is 11.8 Å². The van der Waals surface area contributed by atoms with E-state index in [0.717, 1.165) is 4.91 Å². The Morgan fingerprint density at radius 3 is 2.49 bits per heavy atom. The summed E-state index contributed by atoms with van der Waals surface area (Å²) in [6, 6.07) is 4.20. The van der Waals surface area contributed by atoms with Crippen LogP contribution in [-0.2, 0) is 28.7 Å². The lowest BCUT2D eigenvalue weighted by Crippen LogP contribution is -2.71. The van der Waals surface area contributed by atoms with Gasteiger partial charge in [-0.1, -0.05) is 38.1 Å². The Bertz CT molecular complexity index is 1410. The zero-order chi connectivity index (χ0) is 32.3. The molecule has 0 bridgehead atoms. The molecule has 246 valence electrons. The number of benzene rings is 1. The molecule has 3 unspecified atom stereocenters. The molecule has 0 aromatic heterocycles. The Labute approximate surface area is 280 Å². The van der Waals surface area contributed by atoms with Gasteiger partial charge in [-0.15, -0.1) is 28.0 Å². The molecule has 4 rings (SSSR count). The van der Waals surface area contributed by atoms with E-state index in [1.807, 2.05) is 16.9 Å². The quantitative estimate of drug-likeness (QED) is 0.0820. The minimum absolute atomic E-state index is 0. The molecule has 3 aliphatic rings. The first-order chi connectivity index (χ1) is 20.8. The van der Waals surface area contributed by atoms with Gasteiger partial charge in [-0.2, -0.15) is 0 Å². The van der Waals surface area contributed by atoms with E-state index in [2.05, 4.69) is 10.7 Å². The normalized spacial score (nSPS) is 21.4. The van der Waals surface area contributed by atoms with Crippen molar-refractivity contribution in [3.8, 4) is 0 Å². The number of ketones is 1. The van der Waals surface area contributed by atoms with E-state index in [9.17, 15) is 29.1 Å². The van der Waals surface area contributed by atoms with Crippen LogP contribution in [0.1, 0.15) is 56.6 Å². The topological polar surface area (TPSA) is 181 Å². The second kappa shape index (κ2) is 15.7. The lowest BCUT2D eigenvalue weighted by molar-refractivity contribution is -0.186. The summed E-state index contributed by atoms with van der Waals surface area (Å²) in [5, 5.41) is 12.8. The first kappa shape index (κ1) is 36.7. The van der Waals surface area contributed by atoms with Crippen LogP contribution in [0.2, 0.25) is 0 Å². The molecule has 0 saturated carbocycles. The SMILES string of the molecule is CC1=CNN(SCC2=C(C(=O)OC(C)OC(=O)C(C)C)N3C(=O)C(NC(=O)C(O)c4ccccc4C(=O)[C@H](C)N)[C@@H]3SC2)S1.Cl. The van der Waals surface area contributed by atoms with Crippen molar-refractivity contribution in [1.29, 1.82) is 0 Å². The Morgan fingerprint density at radius 2 is 1.87 bits per heavy atom. The summed E-state index contributed by atoms with van der Waals surface area (Å²) in [7, 11) is 0. The fraction of sp³-hybridized carbons (Fsp3) is 0.464. The Morgan fingerprint density at radius 1 is 1.18 bits per heavy atom. The van der Waals surface area contributed by atoms with Gasteiger partial charge in [-0.25, -0.2) is 4.79 Å². The zero-order valence-electron chi connectivity index (χ0n) is 25.2. The van der Waals surface area contributed by atoms with E-state index < -0.39 is 65.3 Å². The summed E-state index contributed by atoms with van der Waals surface area (Å²) >= 11 is 4.21. The molecule has 1 aromatic rings. The van der Waals surface area contributed by atoms with E-state index in [0.29, 0.717) is 17.1 Å². The fourth-order valence-corrected chi connectivity index (χ4v) is 7.73. The van der Waals surface area contributed by atoms with Gasteiger partial charge in [0.15, 0.2) is 11.9 Å². The van der Waals surface area contributed by atoms with E-state index in [-0.39, 0.29) is 29.2 Å². The number of esters is 2. The lowest BCUT2D eigenvalue weighted by atomic mass is 9.95. The van der Waals surface area contributed by atoms with Gasteiger partial charge < -0.3 is 31.1 Å². The summed E-state index contributed by atoms with van der Waals surface area (Å²) in [6.45, 7) is 8.16. The van der Waals surface area contributed by atoms with Gasteiger partial charge in [0.1, 0.15) is 17.1 Å². The summed E-state index contributed by atoms with van der Waals surface area (Å²) in [6.07, 6.45) is -1.10. The molecule has 0 radical (unpaired) electrons. The van der Waals surface area contributed by atoms with Crippen molar-refractivity contribution >= 4 is 77.6 Å². The molecule has 3 aliphatic heterocycles. The summed E-state index contributed by atoms with van der Waals surface area (Å²) < 4.78 is 12.4. The van der Waals surface area contributed by atoms with Gasteiger partial charge in [0.05, 0.1) is 12.0 Å². The van der Waals surface area contributed by atoms with Crippen LogP contribution in [0.25, 0.3) is 0 Å². The number of nitrogens with two attached hydrogens (primary N) is 1. The van der Waals surface area contributed by atoms with Gasteiger partial charge in [0, 0.05) is 40.7 Å². The Hall–Kier alpha value is -2.73. The number of hydrazine groups is 1. The van der Waals surface area contributed by atoms with Crippen LogP contribution in [0.15, 0.2) is 46.6 Å². The summed E-state index contributed by atoms with van der Waals surface area (Å²) in [5.41, 5.74) is 9.63. The lowest BCUT2D eigenvalue weighted by Gasteiger charge is -2.50. The van der Waals surface area contributed by atoms with E-state index in [1.165, 1.54) is 66.5 Å². The third-order valence-electron chi connectivity index (χ3n) is 6.70. The van der Waals surface area contributed by atoms with Crippen molar-refractivity contribution in [3.05, 3.63) is 57.8 Å². The maximum atomic E-state index is 13.4. The molecule has 5 atom stereocenters. The molecule has 13 nitrogen and oxygen atoms in total. The predicted octanol–water partition coefficient (Wildman–Crippen LogP) is 2.39. The van der Waals surface area contributed by atoms with E-state index in [4.69, 9.17) is 15.2 Å². The maximum absolute atomic E-state index is 13.4. The van der Waals surface area contributed by atoms with Gasteiger partial charge in [0.2, 0.25) is 6.29 Å². The molecule has 2 amide bonds. The number of halogens is 1. The molecule has 0 aliphatic carbocycles. The third kappa shape index (κ3) is 8.36. The standard InChI is InChI=1S/C28H35N5O8S3.ClH/c1-13(2)27(38)40-16(5)41-28(39)21-17(12-43-33-30-10-14(3)44-33)11-42-26-20(25(37)32(21)26)31-24(36)23(35)19-9-7-6-8-18(19)22(34)15(4)29;/h6-10,13,15-16,20,23,26,30,35H,11-12,29H2,1-5H3,(H,31,36);1H/t15-,16?,20?,23?,26-;/m0./s1. The molecule has 1 aromatic carbocycles. The molecule has 0 spiro atoms. The van der Waals surface area contributed by atoms with Crippen LogP contribution in [-0.4, -0.2) is 78.6 Å².